The number of benzene rings is 2. The van der Waals surface area contributed by atoms with E-state index in [0.29, 0.717) is 36.2 Å². The van der Waals surface area contributed by atoms with Gasteiger partial charge in [0.15, 0.2) is 11.5 Å². The van der Waals surface area contributed by atoms with Gasteiger partial charge in [-0.3, -0.25) is 0 Å². The van der Waals surface area contributed by atoms with E-state index in [1.807, 2.05) is 36.4 Å². The summed E-state index contributed by atoms with van der Waals surface area (Å²) in [7, 11) is 1.62. The van der Waals surface area contributed by atoms with Gasteiger partial charge >= 0.3 is 0 Å². The molecule has 24 heavy (non-hydrogen) atoms. The van der Waals surface area contributed by atoms with Gasteiger partial charge < -0.3 is 19.9 Å². The Bertz CT molecular complexity index is 662. The number of nitrogens with one attached hydrogen (secondary N) is 1. The summed E-state index contributed by atoms with van der Waals surface area (Å²) in [5.74, 6) is 1.32. The molecule has 0 bridgehead atoms. The lowest BCUT2D eigenvalue weighted by Gasteiger charge is -2.15. The van der Waals surface area contributed by atoms with E-state index in [0.717, 1.165) is 15.6 Å². The third-order valence-electron chi connectivity index (χ3n) is 3.35. The highest BCUT2D eigenvalue weighted by molar-refractivity contribution is 9.10. The first-order valence-electron chi connectivity index (χ1n) is 7.62. The number of hydrogen-bond acceptors (Lipinski definition) is 4. The Morgan fingerprint density at radius 1 is 1.21 bits per heavy atom. The predicted molar refractivity (Wildman–Crippen MR) is 99.9 cm³/mol. The monoisotopic (exact) mass is 413 g/mol. The molecular weight excluding hydrogens is 394 g/mol. The summed E-state index contributed by atoms with van der Waals surface area (Å²) in [4.78, 5) is 0. The van der Waals surface area contributed by atoms with Crippen molar-refractivity contribution in [1.82, 2.24) is 5.32 Å². The lowest BCUT2D eigenvalue weighted by molar-refractivity contribution is 0.191. The molecule has 2 rings (SSSR count). The topological polar surface area (TPSA) is 50.7 Å². The second kappa shape index (κ2) is 9.28. The van der Waals surface area contributed by atoms with Crippen LogP contribution in [0.5, 0.6) is 11.5 Å². The van der Waals surface area contributed by atoms with Crippen LogP contribution in [0.4, 0.5) is 0 Å². The Morgan fingerprint density at radius 2 is 1.92 bits per heavy atom. The summed E-state index contributed by atoms with van der Waals surface area (Å²) in [5.41, 5.74) is 2.06. The molecule has 6 heteroatoms. The minimum atomic E-state index is -0.377. The molecule has 0 spiro atoms. The molecule has 1 unspecified atom stereocenters. The lowest BCUT2D eigenvalue weighted by Crippen LogP contribution is -2.23. The fourth-order valence-corrected chi connectivity index (χ4v) is 2.91. The first kappa shape index (κ1) is 19.1. The normalized spacial score (nSPS) is 12.0. The minimum absolute atomic E-state index is 0.377. The Morgan fingerprint density at radius 3 is 2.54 bits per heavy atom. The third kappa shape index (κ3) is 5.67. The van der Waals surface area contributed by atoms with Crippen LogP contribution in [0.1, 0.15) is 18.1 Å². The molecule has 0 amide bonds. The van der Waals surface area contributed by atoms with E-state index in [4.69, 9.17) is 21.1 Å². The molecule has 130 valence electrons. The Kier molecular flexibility index (Phi) is 7.37. The van der Waals surface area contributed by atoms with Crippen molar-refractivity contribution < 1.29 is 14.6 Å². The molecule has 0 aliphatic heterocycles. The molecular formula is C18H21BrClNO3. The van der Waals surface area contributed by atoms with Crippen LogP contribution in [0, 0.1) is 0 Å². The molecule has 0 aliphatic carbocycles. The van der Waals surface area contributed by atoms with E-state index in [-0.39, 0.29) is 6.10 Å². The Balaban J connectivity index is 2.07. The van der Waals surface area contributed by atoms with Crippen molar-refractivity contribution in [1.29, 1.82) is 0 Å². The number of aliphatic hydroxyl groups is 1. The molecule has 0 aliphatic rings. The summed E-state index contributed by atoms with van der Waals surface area (Å²) in [6.45, 7) is 3.34. The highest BCUT2D eigenvalue weighted by atomic mass is 79.9. The van der Waals surface area contributed by atoms with Crippen LogP contribution in [0.15, 0.2) is 40.9 Å². The van der Waals surface area contributed by atoms with Gasteiger partial charge in [-0.05, 0) is 58.2 Å². The van der Waals surface area contributed by atoms with Crippen molar-refractivity contribution in [3.8, 4) is 11.5 Å². The van der Waals surface area contributed by atoms with Gasteiger partial charge in [-0.25, -0.2) is 0 Å². The maximum atomic E-state index is 9.30. The molecule has 2 N–H and O–H groups in total. The molecule has 0 radical (unpaired) electrons. The average Bonchev–Trinajstić information content (AvgIpc) is 2.54. The number of aliphatic hydroxyl groups excluding tert-OH is 1. The summed E-state index contributed by atoms with van der Waals surface area (Å²) in [6.07, 6.45) is -0.377. The molecule has 0 saturated heterocycles. The molecule has 0 aromatic heterocycles. The third-order valence-corrected chi connectivity index (χ3v) is 4.20. The highest BCUT2D eigenvalue weighted by Gasteiger charge is 2.12. The number of hydrogen-bond donors (Lipinski definition) is 2. The molecule has 0 saturated carbocycles. The van der Waals surface area contributed by atoms with Crippen molar-refractivity contribution in [3.05, 3.63) is 57.0 Å². The van der Waals surface area contributed by atoms with Gasteiger partial charge in [-0.1, -0.05) is 23.7 Å². The van der Waals surface area contributed by atoms with Gasteiger partial charge in [0, 0.05) is 18.1 Å². The van der Waals surface area contributed by atoms with Crippen molar-refractivity contribution in [3.63, 3.8) is 0 Å². The van der Waals surface area contributed by atoms with Crippen LogP contribution in [0.3, 0.4) is 0 Å². The zero-order chi connectivity index (χ0) is 17.5. The van der Waals surface area contributed by atoms with Gasteiger partial charge in [0.05, 0.1) is 17.7 Å². The number of methoxy groups -OCH3 is 1. The van der Waals surface area contributed by atoms with Gasteiger partial charge in [0.2, 0.25) is 0 Å². The van der Waals surface area contributed by atoms with E-state index in [1.54, 1.807) is 14.0 Å². The fourth-order valence-electron chi connectivity index (χ4n) is 2.18. The van der Waals surface area contributed by atoms with Crippen LogP contribution in [0.2, 0.25) is 5.02 Å². The van der Waals surface area contributed by atoms with Crippen LogP contribution in [-0.4, -0.2) is 24.9 Å². The molecule has 2 aromatic rings. The standard InChI is InChI=1S/C18H21BrClNO3/c1-12(22)9-21-10-14-7-16(19)18(17(8-14)23-2)24-11-13-3-5-15(20)6-4-13/h3-8,12,21-22H,9-11H2,1-2H3. The first-order valence-corrected chi connectivity index (χ1v) is 8.79. The van der Waals surface area contributed by atoms with Gasteiger partial charge in [0.25, 0.3) is 0 Å². The van der Waals surface area contributed by atoms with Crippen LogP contribution in [-0.2, 0) is 13.2 Å². The van der Waals surface area contributed by atoms with Gasteiger partial charge in [0.1, 0.15) is 6.61 Å². The van der Waals surface area contributed by atoms with Crippen LogP contribution in [0.25, 0.3) is 0 Å². The van der Waals surface area contributed by atoms with E-state index in [1.165, 1.54) is 0 Å². The Hall–Kier alpha value is -1.27. The maximum absolute atomic E-state index is 9.30. The maximum Gasteiger partial charge on any atom is 0.175 e. The molecule has 0 heterocycles. The van der Waals surface area contributed by atoms with Crippen molar-refractivity contribution in [2.75, 3.05) is 13.7 Å². The summed E-state index contributed by atoms with van der Waals surface area (Å²) in [5, 5.41) is 13.2. The average molecular weight is 415 g/mol. The van der Waals surface area contributed by atoms with E-state index in [2.05, 4.69) is 21.2 Å². The number of halogens is 2. The van der Waals surface area contributed by atoms with Crippen molar-refractivity contribution in [2.45, 2.75) is 26.2 Å². The van der Waals surface area contributed by atoms with E-state index < -0.39 is 0 Å². The highest BCUT2D eigenvalue weighted by Crippen LogP contribution is 2.37. The fraction of sp³-hybridized carbons (Fsp3) is 0.333. The zero-order valence-corrected chi connectivity index (χ0v) is 16.0. The number of rotatable bonds is 8. The Labute approximate surface area is 155 Å². The van der Waals surface area contributed by atoms with Crippen molar-refractivity contribution in [2.24, 2.45) is 0 Å². The summed E-state index contributed by atoms with van der Waals surface area (Å²) < 4.78 is 12.2. The van der Waals surface area contributed by atoms with E-state index in [9.17, 15) is 5.11 Å². The summed E-state index contributed by atoms with van der Waals surface area (Å²) in [6, 6.07) is 11.4. The quantitative estimate of drug-likeness (QED) is 0.681. The molecule has 1 atom stereocenters. The summed E-state index contributed by atoms with van der Waals surface area (Å²) >= 11 is 9.43. The SMILES string of the molecule is COc1cc(CNCC(C)O)cc(Br)c1OCc1ccc(Cl)cc1. The zero-order valence-electron chi connectivity index (χ0n) is 13.7. The van der Waals surface area contributed by atoms with Gasteiger partial charge in [-0.15, -0.1) is 0 Å². The molecule has 4 nitrogen and oxygen atoms in total. The molecule has 0 fully saturated rings. The van der Waals surface area contributed by atoms with E-state index >= 15 is 0 Å². The molecule has 2 aromatic carbocycles. The predicted octanol–water partition coefficient (Wildman–Crippen LogP) is 4.16. The second-order valence-electron chi connectivity index (χ2n) is 5.50. The van der Waals surface area contributed by atoms with Crippen molar-refractivity contribution >= 4 is 27.5 Å². The minimum Gasteiger partial charge on any atom is -0.493 e. The first-order chi connectivity index (χ1) is 11.5. The van der Waals surface area contributed by atoms with Gasteiger partial charge in [-0.2, -0.15) is 0 Å². The van der Waals surface area contributed by atoms with Crippen LogP contribution < -0.4 is 14.8 Å². The number of ether oxygens (including phenoxy) is 2. The second-order valence-corrected chi connectivity index (χ2v) is 6.79. The smallest absolute Gasteiger partial charge is 0.175 e. The van der Waals surface area contributed by atoms with Crippen LogP contribution >= 0.6 is 27.5 Å². The lowest BCUT2D eigenvalue weighted by atomic mass is 10.2. The largest absolute Gasteiger partial charge is 0.493 e.